The highest BCUT2D eigenvalue weighted by atomic mass is 35.5. The second-order valence-corrected chi connectivity index (χ2v) is 8.31. The van der Waals surface area contributed by atoms with Crippen molar-refractivity contribution in [1.82, 2.24) is 4.57 Å². The number of aryl methyl sites for hydroxylation is 1. The maximum absolute atomic E-state index is 13.0. The van der Waals surface area contributed by atoms with Crippen LogP contribution in [-0.2, 0) is 11.3 Å². The highest BCUT2D eigenvalue weighted by Gasteiger charge is 2.26. The van der Waals surface area contributed by atoms with Gasteiger partial charge < -0.3 is 9.88 Å². The van der Waals surface area contributed by atoms with Crippen LogP contribution in [0, 0.1) is 13.8 Å². The van der Waals surface area contributed by atoms with E-state index in [1.54, 1.807) is 6.07 Å². The lowest BCUT2D eigenvalue weighted by molar-refractivity contribution is -0.112. The fourth-order valence-electron chi connectivity index (χ4n) is 3.45. The molecule has 4 nitrogen and oxygen atoms in total. The Balaban J connectivity index is 1.67. The number of nitrogens with zero attached hydrogens (tertiary/aromatic N) is 1. The van der Waals surface area contributed by atoms with Gasteiger partial charge in [0.05, 0.1) is 15.8 Å². The first kappa shape index (κ1) is 19.4. The van der Waals surface area contributed by atoms with Crippen molar-refractivity contribution >= 4 is 50.5 Å². The molecule has 2 aromatic carbocycles. The fourth-order valence-corrected chi connectivity index (χ4v) is 4.57. The topological polar surface area (TPSA) is 51.1 Å². The molecule has 0 fully saturated rings. The van der Waals surface area contributed by atoms with Crippen LogP contribution in [0.5, 0.6) is 0 Å². The van der Waals surface area contributed by atoms with Crippen LogP contribution in [0.2, 0.25) is 5.02 Å². The molecule has 6 heteroatoms. The summed E-state index contributed by atoms with van der Waals surface area (Å²) in [5, 5.41) is 5.35. The number of anilines is 1. The molecule has 146 valence electrons. The Morgan fingerprint density at radius 2 is 1.83 bits per heavy atom. The van der Waals surface area contributed by atoms with Crippen LogP contribution < -0.4 is 5.32 Å². The third-order valence-electron chi connectivity index (χ3n) is 4.89. The Bertz CT molecular complexity index is 1220. The van der Waals surface area contributed by atoms with E-state index in [2.05, 4.69) is 9.88 Å². The predicted molar refractivity (Wildman–Crippen MR) is 119 cm³/mol. The summed E-state index contributed by atoms with van der Waals surface area (Å²) in [5.41, 5.74) is 4.91. The monoisotopic (exact) mass is 422 g/mol. The van der Waals surface area contributed by atoms with E-state index in [0.29, 0.717) is 22.8 Å². The Labute approximate surface area is 177 Å². The molecule has 0 aliphatic carbocycles. The minimum absolute atomic E-state index is 0.467. The van der Waals surface area contributed by atoms with Crippen LogP contribution in [0.3, 0.4) is 0 Å². The van der Waals surface area contributed by atoms with Crippen LogP contribution in [-0.4, -0.2) is 16.3 Å². The van der Waals surface area contributed by atoms with Gasteiger partial charge >= 0.3 is 0 Å². The summed E-state index contributed by atoms with van der Waals surface area (Å²) in [6.45, 7) is 4.42. The number of aromatic nitrogens is 1. The standard InChI is InChI=1S/C23H19ClN2O2S/c1-14-4-3-5-18(12-14)25-23(28)21(27)20-15(2)26(19-10-11-29-22(19)20)13-16-6-8-17(24)9-7-16/h3-12H,13H2,1-2H3,(H,25,28). The first-order valence-corrected chi connectivity index (χ1v) is 10.4. The smallest absolute Gasteiger partial charge is 0.296 e. The van der Waals surface area contributed by atoms with E-state index in [1.165, 1.54) is 11.3 Å². The van der Waals surface area contributed by atoms with Gasteiger partial charge in [0, 0.05) is 22.9 Å². The largest absolute Gasteiger partial charge is 0.339 e. The van der Waals surface area contributed by atoms with Crippen molar-refractivity contribution in [2.45, 2.75) is 20.4 Å². The van der Waals surface area contributed by atoms with Gasteiger partial charge in [-0.05, 0) is 60.7 Å². The Morgan fingerprint density at radius 1 is 1.07 bits per heavy atom. The normalized spacial score (nSPS) is 11.0. The first-order valence-electron chi connectivity index (χ1n) is 9.17. The van der Waals surface area contributed by atoms with E-state index in [-0.39, 0.29) is 0 Å². The summed E-state index contributed by atoms with van der Waals surface area (Å²) >= 11 is 7.46. The molecule has 0 atom stereocenters. The number of fused-ring (bicyclic) bond motifs is 1. The lowest BCUT2D eigenvalue weighted by atomic mass is 10.1. The van der Waals surface area contributed by atoms with Crippen molar-refractivity contribution in [2.75, 3.05) is 5.32 Å². The number of ketones is 1. The van der Waals surface area contributed by atoms with Crippen LogP contribution in [0.25, 0.3) is 10.2 Å². The number of halogens is 1. The minimum atomic E-state index is -0.627. The number of hydrogen-bond acceptors (Lipinski definition) is 3. The molecule has 0 aliphatic heterocycles. The van der Waals surface area contributed by atoms with E-state index in [0.717, 1.165) is 27.0 Å². The van der Waals surface area contributed by atoms with Gasteiger partial charge in [0.2, 0.25) is 0 Å². The van der Waals surface area contributed by atoms with Crippen molar-refractivity contribution < 1.29 is 9.59 Å². The van der Waals surface area contributed by atoms with Gasteiger partial charge in [-0.1, -0.05) is 35.9 Å². The molecule has 4 aromatic rings. The summed E-state index contributed by atoms with van der Waals surface area (Å²) in [5.74, 6) is -1.15. The second kappa shape index (κ2) is 7.85. The molecule has 4 rings (SSSR count). The summed E-state index contributed by atoms with van der Waals surface area (Å²) < 4.78 is 2.91. The molecule has 2 aromatic heterocycles. The van der Waals surface area contributed by atoms with Crippen LogP contribution in [0.4, 0.5) is 5.69 Å². The van der Waals surface area contributed by atoms with E-state index in [1.807, 2.05) is 67.8 Å². The molecule has 0 radical (unpaired) electrons. The molecule has 1 amide bonds. The maximum Gasteiger partial charge on any atom is 0.296 e. The van der Waals surface area contributed by atoms with Gasteiger partial charge in [-0.25, -0.2) is 0 Å². The molecular weight excluding hydrogens is 404 g/mol. The maximum atomic E-state index is 13.0. The third kappa shape index (κ3) is 3.84. The lowest BCUT2D eigenvalue weighted by Gasteiger charge is -2.09. The van der Waals surface area contributed by atoms with Crippen molar-refractivity contribution in [1.29, 1.82) is 0 Å². The molecule has 0 saturated heterocycles. The molecular formula is C23H19ClN2O2S. The molecule has 1 N–H and O–H groups in total. The zero-order valence-corrected chi connectivity index (χ0v) is 17.6. The van der Waals surface area contributed by atoms with Gasteiger partial charge in [0.15, 0.2) is 0 Å². The van der Waals surface area contributed by atoms with E-state index < -0.39 is 11.7 Å². The number of Topliss-reactive ketones (excluding diaryl/α,β-unsaturated/α-hetero) is 1. The lowest BCUT2D eigenvalue weighted by Crippen LogP contribution is -2.23. The quantitative estimate of drug-likeness (QED) is 0.324. The zero-order chi connectivity index (χ0) is 20.5. The molecule has 0 unspecified atom stereocenters. The average molecular weight is 423 g/mol. The third-order valence-corrected chi connectivity index (χ3v) is 6.07. The van der Waals surface area contributed by atoms with Gasteiger partial charge in [-0.3, -0.25) is 9.59 Å². The summed E-state index contributed by atoms with van der Waals surface area (Å²) in [7, 11) is 0. The summed E-state index contributed by atoms with van der Waals surface area (Å²) in [6, 6.07) is 17.0. The molecule has 0 spiro atoms. The van der Waals surface area contributed by atoms with E-state index >= 15 is 0 Å². The van der Waals surface area contributed by atoms with Gasteiger partial charge in [-0.2, -0.15) is 0 Å². The number of carbonyl (C=O) groups excluding carboxylic acids is 2. The number of thiophene rings is 1. The van der Waals surface area contributed by atoms with Crippen molar-refractivity contribution in [3.63, 3.8) is 0 Å². The minimum Gasteiger partial charge on any atom is -0.339 e. The van der Waals surface area contributed by atoms with Gasteiger partial charge in [0.25, 0.3) is 11.7 Å². The highest BCUT2D eigenvalue weighted by molar-refractivity contribution is 7.17. The molecule has 0 saturated carbocycles. The van der Waals surface area contributed by atoms with Crippen molar-refractivity contribution in [3.8, 4) is 0 Å². The Hall–Kier alpha value is -2.89. The van der Waals surface area contributed by atoms with E-state index in [9.17, 15) is 9.59 Å². The number of benzene rings is 2. The molecule has 0 aliphatic rings. The van der Waals surface area contributed by atoms with E-state index in [4.69, 9.17) is 11.6 Å². The zero-order valence-electron chi connectivity index (χ0n) is 16.0. The first-order chi connectivity index (χ1) is 13.9. The van der Waals surface area contributed by atoms with Crippen LogP contribution in [0.15, 0.2) is 60.0 Å². The number of carbonyl (C=O) groups is 2. The van der Waals surface area contributed by atoms with Crippen molar-refractivity contribution in [3.05, 3.63) is 87.4 Å². The number of amides is 1. The van der Waals surface area contributed by atoms with Gasteiger partial charge in [-0.15, -0.1) is 11.3 Å². The molecule has 2 heterocycles. The Kier molecular flexibility index (Phi) is 5.26. The number of nitrogens with one attached hydrogen (secondary N) is 1. The van der Waals surface area contributed by atoms with Gasteiger partial charge in [0.1, 0.15) is 0 Å². The average Bonchev–Trinajstić information content (AvgIpc) is 3.25. The predicted octanol–water partition coefficient (Wildman–Crippen LogP) is 5.84. The molecule has 29 heavy (non-hydrogen) atoms. The fraction of sp³-hybridized carbons (Fsp3) is 0.130. The SMILES string of the molecule is Cc1cccc(NC(=O)C(=O)c2c(C)n(Cc3ccc(Cl)cc3)c3ccsc23)c1. The Morgan fingerprint density at radius 3 is 2.55 bits per heavy atom. The van der Waals surface area contributed by atoms with Crippen molar-refractivity contribution in [2.24, 2.45) is 0 Å². The second-order valence-electron chi connectivity index (χ2n) is 6.96. The summed E-state index contributed by atoms with van der Waals surface area (Å²) in [4.78, 5) is 25.7. The highest BCUT2D eigenvalue weighted by Crippen LogP contribution is 2.32. The summed E-state index contributed by atoms with van der Waals surface area (Å²) in [6.07, 6.45) is 0. The number of hydrogen-bond donors (Lipinski definition) is 1. The van der Waals surface area contributed by atoms with Crippen LogP contribution in [0.1, 0.15) is 27.2 Å². The number of rotatable bonds is 5. The van der Waals surface area contributed by atoms with Crippen LogP contribution >= 0.6 is 22.9 Å². The molecule has 0 bridgehead atoms.